The van der Waals surface area contributed by atoms with E-state index in [1.807, 2.05) is 19.9 Å². The molecule has 0 amide bonds. The third-order valence-electron chi connectivity index (χ3n) is 4.30. The van der Waals surface area contributed by atoms with Gasteiger partial charge in [-0.15, -0.1) is 0 Å². The van der Waals surface area contributed by atoms with Gasteiger partial charge in [0.2, 0.25) is 0 Å². The highest BCUT2D eigenvalue weighted by Crippen LogP contribution is 2.23. The minimum Gasteiger partial charge on any atom is -0.463 e. The Hall–Kier alpha value is -1.57. The molecular weight excluding hydrogens is 334 g/mol. The van der Waals surface area contributed by atoms with Crippen LogP contribution in [0.4, 0.5) is 0 Å². The zero-order valence-corrected chi connectivity index (χ0v) is 16.2. The van der Waals surface area contributed by atoms with Crippen LogP contribution in [-0.2, 0) is 15.1 Å². The van der Waals surface area contributed by atoms with Crippen molar-refractivity contribution in [2.45, 2.75) is 51.7 Å². The molecule has 7 nitrogen and oxygen atoms in total. The summed E-state index contributed by atoms with van der Waals surface area (Å²) in [6.45, 7) is 9.64. The molecule has 0 aliphatic carbocycles. The number of ether oxygens (including phenoxy) is 2. The molecule has 0 bridgehead atoms. The van der Waals surface area contributed by atoms with Crippen LogP contribution >= 0.6 is 0 Å². The van der Waals surface area contributed by atoms with Crippen molar-refractivity contribution >= 4 is 5.96 Å². The fraction of sp³-hybridized carbons (Fsp3) is 0.737. The van der Waals surface area contributed by atoms with E-state index in [9.17, 15) is 5.11 Å². The highest BCUT2D eigenvalue weighted by molar-refractivity contribution is 5.79. The highest BCUT2D eigenvalue weighted by Gasteiger charge is 2.26. The molecule has 1 aliphatic heterocycles. The maximum Gasteiger partial charge on any atom is 0.191 e. The van der Waals surface area contributed by atoms with E-state index in [4.69, 9.17) is 13.9 Å². The second-order valence-electron chi connectivity index (χ2n) is 6.84. The normalized spacial score (nSPS) is 18.5. The summed E-state index contributed by atoms with van der Waals surface area (Å²) in [6, 6.07) is 3.63. The first-order valence-electron chi connectivity index (χ1n) is 9.52. The SMILES string of the molecule is CCNC(=NCC(C)(O)c1ccc(C)o1)NCCCOC1CCOCC1. The van der Waals surface area contributed by atoms with Gasteiger partial charge in [0.05, 0.1) is 12.6 Å². The molecule has 26 heavy (non-hydrogen) atoms. The van der Waals surface area contributed by atoms with Gasteiger partial charge in [0.15, 0.2) is 5.96 Å². The number of rotatable bonds is 9. The second-order valence-corrected chi connectivity index (χ2v) is 6.84. The van der Waals surface area contributed by atoms with Crippen LogP contribution in [0.3, 0.4) is 0 Å². The van der Waals surface area contributed by atoms with E-state index >= 15 is 0 Å². The largest absolute Gasteiger partial charge is 0.463 e. The Bertz CT molecular complexity index is 551. The maximum atomic E-state index is 10.6. The predicted octanol–water partition coefficient (Wildman–Crippen LogP) is 1.94. The Morgan fingerprint density at radius 3 is 2.77 bits per heavy atom. The first kappa shape index (κ1) is 20.7. The number of furan rings is 1. The Kier molecular flexibility index (Phi) is 8.41. The average Bonchev–Trinajstić information content (AvgIpc) is 3.07. The lowest BCUT2D eigenvalue weighted by Crippen LogP contribution is -2.39. The summed E-state index contributed by atoms with van der Waals surface area (Å²) in [5.74, 6) is 1.99. The van der Waals surface area contributed by atoms with Crippen molar-refractivity contribution < 1.29 is 19.0 Å². The van der Waals surface area contributed by atoms with Crippen molar-refractivity contribution in [2.24, 2.45) is 4.99 Å². The molecule has 0 radical (unpaired) electrons. The van der Waals surface area contributed by atoms with E-state index in [-0.39, 0.29) is 6.54 Å². The number of nitrogens with zero attached hydrogens (tertiary/aromatic N) is 1. The van der Waals surface area contributed by atoms with E-state index in [1.165, 1.54) is 0 Å². The van der Waals surface area contributed by atoms with Crippen LogP contribution in [0.5, 0.6) is 0 Å². The van der Waals surface area contributed by atoms with Crippen molar-refractivity contribution in [2.75, 3.05) is 39.5 Å². The molecule has 1 saturated heterocycles. The van der Waals surface area contributed by atoms with Crippen molar-refractivity contribution in [3.05, 3.63) is 23.7 Å². The highest BCUT2D eigenvalue weighted by atomic mass is 16.5. The van der Waals surface area contributed by atoms with Crippen LogP contribution in [0.15, 0.2) is 21.5 Å². The molecule has 0 saturated carbocycles. The van der Waals surface area contributed by atoms with Gasteiger partial charge in [-0.3, -0.25) is 0 Å². The second kappa shape index (κ2) is 10.5. The lowest BCUT2D eigenvalue weighted by atomic mass is 10.0. The van der Waals surface area contributed by atoms with Crippen molar-refractivity contribution in [1.29, 1.82) is 0 Å². The van der Waals surface area contributed by atoms with Crippen molar-refractivity contribution in [1.82, 2.24) is 10.6 Å². The number of nitrogens with one attached hydrogen (secondary N) is 2. The zero-order chi connectivity index (χ0) is 18.8. The van der Waals surface area contributed by atoms with Gasteiger partial charge in [0.1, 0.15) is 17.1 Å². The molecule has 148 valence electrons. The molecule has 1 aromatic heterocycles. The summed E-state index contributed by atoms with van der Waals surface area (Å²) in [4.78, 5) is 4.49. The predicted molar refractivity (Wildman–Crippen MR) is 101 cm³/mol. The molecule has 1 atom stereocenters. The topological polar surface area (TPSA) is 88.3 Å². The molecule has 1 fully saturated rings. The Morgan fingerprint density at radius 2 is 2.12 bits per heavy atom. The number of hydrogen-bond donors (Lipinski definition) is 3. The van der Waals surface area contributed by atoms with Crippen LogP contribution in [0.1, 0.15) is 44.6 Å². The summed E-state index contributed by atoms with van der Waals surface area (Å²) in [6.07, 6.45) is 3.20. The van der Waals surface area contributed by atoms with Gasteiger partial charge in [-0.2, -0.15) is 0 Å². The van der Waals surface area contributed by atoms with E-state index in [1.54, 1.807) is 13.0 Å². The molecule has 7 heteroatoms. The smallest absolute Gasteiger partial charge is 0.191 e. The first-order chi connectivity index (χ1) is 12.5. The van der Waals surface area contributed by atoms with Gasteiger partial charge in [-0.25, -0.2) is 4.99 Å². The Morgan fingerprint density at radius 1 is 1.35 bits per heavy atom. The molecule has 1 aromatic rings. The van der Waals surface area contributed by atoms with Gasteiger partial charge in [0, 0.05) is 32.9 Å². The molecule has 2 heterocycles. The summed E-state index contributed by atoms with van der Waals surface area (Å²) >= 11 is 0. The van der Waals surface area contributed by atoms with Crippen LogP contribution < -0.4 is 10.6 Å². The van der Waals surface area contributed by atoms with Gasteiger partial charge < -0.3 is 29.6 Å². The third kappa shape index (κ3) is 6.97. The van der Waals surface area contributed by atoms with Crippen LogP contribution in [0.2, 0.25) is 0 Å². The Labute approximate surface area is 156 Å². The number of guanidine groups is 1. The zero-order valence-electron chi connectivity index (χ0n) is 16.2. The van der Waals surface area contributed by atoms with Gasteiger partial charge >= 0.3 is 0 Å². The maximum absolute atomic E-state index is 10.6. The minimum atomic E-state index is -1.14. The van der Waals surface area contributed by atoms with Crippen molar-refractivity contribution in [3.8, 4) is 0 Å². The fourth-order valence-electron chi connectivity index (χ4n) is 2.75. The molecule has 1 unspecified atom stereocenters. The van der Waals surface area contributed by atoms with E-state index in [0.717, 1.165) is 57.9 Å². The first-order valence-corrected chi connectivity index (χ1v) is 9.52. The van der Waals surface area contributed by atoms with Crippen LogP contribution in [0, 0.1) is 6.92 Å². The molecule has 0 aromatic carbocycles. The monoisotopic (exact) mass is 367 g/mol. The van der Waals surface area contributed by atoms with Crippen LogP contribution in [0.25, 0.3) is 0 Å². The fourth-order valence-corrected chi connectivity index (χ4v) is 2.75. The van der Waals surface area contributed by atoms with E-state index < -0.39 is 5.60 Å². The summed E-state index contributed by atoms with van der Waals surface area (Å²) in [5.41, 5.74) is -1.14. The summed E-state index contributed by atoms with van der Waals surface area (Å²) < 4.78 is 16.7. The summed E-state index contributed by atoms with van der Waals surface area (Å²) in [5, 5.41) is 17.1. The van der Waals surface area contributed by atoms with Crippen molar-refractivity contribution in [3.63, 3.8) is 0 Å². The molecule has 2 rings (SSSR count). The quantitative estimate of drug-likeness (QED) is 0.351. The molecular formula is C19H33N3O4. The average molecular weight is 367 g/mol. The number of hydrogen-bond acceptors (Lipinski definition) is 5. The number of aliphatic imine (C=N–C) groups is 1. The lowest BCUT2D eigenvalue weighted by Gasteiger charge is -2.22. The van der Waals surface area contributed by atoms with Crippen LogP contribution in [-0.4, -0.2) is 56.6 Å². The van der Waals surface area contributed by atoms with E-state index in [2.05, 4.69) is 15.6 Å². The minimum absolute atomic E-state index is 0.216. The number of aryl methyl sites for hydroxylation is 1. The van der Waals surface area contributed by atoms with E-state index in [0.29, 0.717) is 17.8 Å². The number of aliphatic hydroxyl groups is 1. The standard InChI is InChI=1S/C19H33N3O4/c1-4-20-18(21-10-5-11-25-16-8-12-24-13-9-16)22-14-19(3,23)17-7-6-15(2)26-17/h6-7,16,23H,4-5,8-14H2,1-3H3,(H2,20,21,22). The lowest BCUT2D eigenvalue weighted by molar-refractivity contribution is -0.0320. The third-order valence-corrected chi connectivity index (χ3v) is 4.30. The molecule has 3 N–H and O–H groups in total. The molecule has 0 spiro atoms. The Balaban J connectivity index is 1.73. The van der Waals surface area contributed by atoms with Gasteiger partial charge in [0.25, 0.3) is 0 Å². The summed E-state index contributed by atoms with van der Waals surface area (Å²) in [7, 11) is 0. The van der Waals surface area contributed by atoms with Gasteiger partial charge in [-0.05, 0) is 52.2 Å². The molecule has 1 aliphatic rings. The van der Waals surface area contributed by atoms with Gasteiger partial charge in [-0.1, -0.05) is 0 Å².